The zero-order chi connectivity index (χ0) is 23.3. The number of carbonyl (C=O) groups excluding carboxylic acids is 1. The van der Waals surface area contributed by atoms with Crippen molar-refractivity contribution in [1.82, 2.24) is 20.1 Å². The molecule has 1 fully saturated rings. The van der Waals surface area contributed by atoms with Gasteiger partial charge in [0.2, 0.25) is 5.88 Å². The molecule has 2 aliphatic rings. The molecule has 0 bridgehead atoms. The van der Waals surface area contributed by atoms with Crippen molar-refractivity contribution in [2.45, 2.75) is 12.5 Å². The van der Waals surface area contributed by atoms with Crippen LogP contribution in [0, 0.1) is 0 Å². The minimum absolute atomic E-state index is 0.0384. The average Bonchev–Trinajstić information content (AvgIpc) is 3.30. The summed E-state index contributed by atoms with van der Waals surface area (Å²) in [6.45, 7) is 3.82. The smallest absolute Gasteiger partial charge is 0.260 e. The zero-order valence-electron chi connectivity index (χ0n) is 19.2. The van der Waals surface area contributed by atoms with Crippen molar-refractivity contribution in [3.8, 4) is 11.6 Å². The van der Waals surface area contributed by atoms with E-state index in [1.165, 1.54) is 5.56 Å². The molecular formula is C25H28N6O3. The number of likely N-dealkylation sites (N-methyl/N-ethyl adjacent to an activating group) is 1. The number of anilines is 2. The molecule has 0 unspecified atom stereocenters. The van der Waals surface area contributed by atoms with E-state index in [0.717, 1.165) is 50.0 Å². The average molecular weight is 461 g/mol. The van der Waals surface area contributed by atoms with Crippen LogP contribution in [-0.4, -0.2) is 78.5 Å². The summed E-state index contributed by atoms with van der Waals surface area (Å²) in [4.78, 5) is 23.0. The first-order valence-electron chi connectivity index (χ1n) is 11.5. The lowest BCUT2D eigenvalue weighted by molar-refractivity contribution is -0.133. The Labute approximate surface area is 198 Å². The minimum Gasteiger partial charge on any atom is -0.488 e. The van der Waals surface area contributed by atoms with Crippen LogP contribution in [0.4, 0.5) is 11.6 Å². The molecule has 4 heterocycles. The third-order valence-corrected chi connectivity index (χ3v) is 6.16. The molecule has 1 aromatic carbocycles. The topological polar surface area (TPSA) is 83.9 Å². The number of hydrogen-bond donors (Lipinski definition) is 0. The van der Waals surface area contributed by atoms with E-state index in [9.17, 15) is 4.79 Å². The highest BCUT2D eigenvalue weighted by atomic mass is 16.5. The van der Waals surface area contributed by atoms with E-state index in [0.29, 0.717) is 12.4 Å². The third kappa shape index (κ3) is 5.03. The van der Waals surface area contributed by atoms with Crippen LogP contribution < -0.4 is 19.3 Å². The van der Waals surface area contributed by atoms with E-state index in [2.05, 4.69) is 31.0 Å². The van der Waals surface area contributed by atoms with Crippen LogP contribution in [0.1, 0.15) is 5.56 Å². The quantitative estimate of drug-likeness (QED) is 0.530. The van der Waals surface area contributed by atoms with Gasteiger partial charge in [0.1, 0.15) is 17.7 Å². The fourth-order valence-corrected chi connectivity index (χ4v) is 4.27. The fraction of sp³-hybridized carbons (Fsp3) is 0.360. The molecule has 1 amide bonds. The van der Waals surface area contributed by atoms with Crippen LogP contribution in [0.25, 0.3) is 0 Å². The molecule has 2 aromatic heterocycles. The summed E-state index contributed by atoms with van der Waals surface area (Å²) in [5.41, 5.74) is 1.18. The van der Waals surface area contributed by atoms with Gasteiger partial charge in [-0.2, -0.15) is 0 Å². The Balaban J connectivity index is 1.07. The predicted molar refractivity (Wildman–Crippen MR) is 128 cm³/mol. The van der Waals surface area contributed by atoms with Gasteiger partial charge in [-0.25, -0.2) is 4.98 Å². The lowest BCUT2D eigenvalue weighted by Gasteiger charge is -2.35. The van der Waals surface area contributed by atoms with Gasteiger partial charge in [0.25, 0.3) is 5.91 Å². The molecule has 0 N–H and O–H groups in total. The highest BCUT2D eigenvalue weighted by molar-refractivity contribution is 5.77. The maximum absolute atomic E-state index is 12.5. The summed E-state index contributed by atoms with van der Waals surface area (Å²) in [6.07, 6.45) is 2.58. The number of fused-ring (bicyclic) bond motifs is 1. The summed E-state index contributed by atoms with van der Waals surface area (Å²) >= 11 is 0. The van der Waals surface area contributed by atoms with Crippen LogP contribution in [0.2, 0.25) is 0 Å². The number of nitrogens with zero attached hydrogens (tertiary/aromatic N) is 6. The van der Waals surface area contributed by atoms with Gasteiger partial charge in [0.05, 0.1) is 6.54 Å². The second-order valence-electron chi connectivity index (χ2n) is 8.51. The van der Waals surface area contributed by atoms with Crippen molar-refractivity contribution in [2.24, 2.45) is 0 Å². The summed E-state index contributed by atoms with van der Waals surface area (Å²) in [5.74, 6) is 2.90. The minimum atomic E-state index is -0.129. The van der Waals surface area contributed by atoms with Crippen LogP contribution >= 0.6 is 0 Å². The standard InChI is InChI=1S/C25H28N6O3/c1-29(17-20-16-19-6-2-3-7-21(19)34-20)25(32)18-33-24-10-9-23(27-28-24)31-14-12-30(13-15-31)22-8-4-5-11-26-22/h2-11,20H,12-18H2,1H3/t20-/m0/s1. The van der Waals surface area contributed by atoms with E-state index in [1.807, 2.05) is 48.7 Å². The first kappa shape index (κ1) is 21.9. The molecule has 0 saturated carbocycles. The first-order chi connectivity index (χ1) is 16.7. The number of piperazine rings is 1. The highest BCUT2D eigenvalue weighted by Gasteiger charge is 2.25. The number of benzene rings is 1. The van der Waals surface area contributed by atoms with Crippen molar-refractivity contribution in [3.05, 3.63) is 66.4 Å². The molecule has 9 heteroatoms. The van der Waals surface area contributed by atoms with Crippen LogP contribution in [0.5, 0.6) is 11.6 Å². The second kappa shape index (κ2) is 9.94. The Morgan fingerprint density at radius 2 is 1.76 bits per heavy atom. The first-order valence-corrected chi connectivity index (χ1v) is 11.5. The molecule has 0 spiro atoms. The van der Waals surface area contributed by atoms with E-state index < -0.39 is 0 Å². The number of hydrogen-bond acceptors (Lipinski definition) is 8. The van der Waals surface area contributed by atoms with Crippen molar-refractivity contribution < 1.29 is 14.3 Å². The number of ether oxygens (including phenoxy) is 2. The van der Waals surface area contributed by atoms with Crippen molar-refractivity contribution in [3.63, 3.8) is 0 Å². The molecule has 3 aromatic rings. The van der Waals surface area contributed by atoms with E-state index in [1.54, 1.807) is 18.0 Å². The van der Waals surface area contributed by atoms with Crippen LogP contribution in [-0.2, 0) is 11.2 Å². The van der Waals surface area contributed by atoms with Gasteiger partial charge in [-0.1, -0.05) is 24.3 Å². The molecule has 2 aliphatic heterocycles. The molecule has 0 radical (unpaired) electrons. The largest absolute Gasteiger partial charge is 0.488 e. The van der Waals surface area contributed by atoms with Gasteiger partial charge >= 0.3 is 0 Å². The number of carbonyl (C=O) groups is 1. The summed E-state index contributed by atoms with van der Waals surface area (Å²) in [7, 11) is 1.76. The van der Waals surface area contributed by atoms with Crippen molar-refractivity contribution in [1.29, 1.82) is 0 Å². The van der Waals surface area contributed by atoms with E-state index >= 15 is 0 Å². The van der Waals surface area contributed by atoms with Crippen LogP contribution in [0.3, 0.4) is 0 Å². The van der Waals surface area contributed by atoms with E-state index in [4.69, 9.17) is 9.47 Å². The Morgan fingerprint density at radius 1 is 1.00 bits per heavy atom. The number of amides is 1. The molecule has 5 rings (SSSR count). The Kier molecular flexibility index (Phi) is 6.42. The van der Waals surface area contributed by atoms with Gasteiger partial charge < -0.3 is 24.2 Å². The molecule has 0 aliphatic carbocycles. The SMILES string of the molecule is CN(C[C@@H]1Cc2ccccc2O1)C(=O)COc1ccc(N2CCN(c3ccccn3)CC2)nn1. The van der Waals surface area contributed by atoms with Crippen molar-refractivity contribution >= 4 is 17.5 Å². The Morgan fingerprint density at radius 3 is 2.47 bits per heavy atom. The van der Waals surface area contributed by atoms with Crippen molar-refractivity contribution in [2.75, 3.05) is 56.2 Å². The molecular weight excluding hydrogens is 432 g/mol. The summed E-state index contributed by atoms with van der Waals surface area (Å²) in [6, 6.07) is 17.6. The lowest BCUT2D eigenvalue weighted by Crippen LogP contribution is -2.47. The monoisotopic (exact) mass is 460 g/mol. The zero-order valence-corrected chi connectivity index (χ0v) is 19.2. The number of pyridine rings is 1. The van der Waals surface area contributed by atoms with Gasteiger partial charge in [-0.05, 0) is 29.8 Å². The summed E-state index contributed by atoms with van der Waals surface area (Å²) < 4.78 is 11.5. The molecule has 1 atom stereocenters. The fourth-order valence-electron chi connectivity index (χ4n) is 4.27. The lowest BCUT2D eigenvalue weighted by atomic mass is 10.1. The van der Waals surface area contributed by atoms with Gasteiger partial charge in [-0.15, -0.1) is 10.2 Å². The Bertz CT molecular complexity index is 1080. The van der Waals surface area contributed by atoms with Gasteiger partial charge in [0, 0.05) is 51.9 Å². The second-order valence-corrected chi connectivity index (χ2v) is 8.51. The maximum Gasteiger partial charge on any atom is 0.260 e. The summed E-state index contributed by atoms with van der Waals surface area (Å²) in [5, 5.41) is 8.46. The van der Waals surface area contributed by atoms with E-state index in [-0.39, 0.29) is 18.6 Å². The Hall–Kier alpha value is -3.88. The van der Waals surface area contributed by atoms with Gasteiger partial charge in [-0.3, -0.25) is 4.79 Å². The molecule has 34 heavy (non-hydrogen) atoms. The van der Waals surface area contributed by atoms with Gasteiger partial charge in [0.15, 0.2) is 12.4 Å². The molecule has 9 nitrogen and oxygen atoms in total. The third-order valence-electron chi connectivity index (χ3n) is 6.16. The highest BCUT2D eigenvalue weighted by Crippen LogP contribution is 2.28. The number of para-hydroxylation sites is 1. The normalized spacial score (nSPS) is 17.1. The molecule has 176 valence electrons. The van der Waals surface area contributed by atoms with Crippen LogP contribution in [0.15, 0.2) is 60.8 Å². The number of rotatable bonds is 7. The molecule has 1 saturated heterocycles. The number of aromatic nitrogens is 3. The predicted octanol–water partition coefficient (Wildman–Crippen LogP) is 2.04. The maximum atomic E-state index is 12.5.